The molecular weight excluding hydrogens is 216 g/mol. The van der Waals surface area contributed by atoms with E-state index in [1.54, 1.807) is 6.08 Å². The van der Waals surface area contributed by atoms with Crippen LogP contribution in [-0.4, -0.2) is 0 Å². The van der Waals surface area contributed by atoms with E-state index in [0.29, 0.717) is 0 Å². The van der Waals surface area contributed by atoms with Crippen molar-refractivity contribution in [1.29, 1.82) is 0 Å². The van der Waals surface area contributed by atoms with Gasteiger partial charge in [0.1, 0.15) is 0 Å². The summed E-state index contributed by atoms with van der Waals surface area (Å²) in [5.74, 6) is 0. The molecule has 0 aromatic heterocycles. The molecule has 0 nitrogen and oxygen atoms in total. The van der Waals surface area contributed by atoms with Crippen molar-refractivity contribution < 1.29 is 0 Å². The Labute approximate surface area is 117 Å². The number of rotatable bonds is 4. The molecule has 0 N–H and O–H groups in total. The molecule has 0 fully saturated rings. The van der Waals surface area contributed by atoms with Crippen LogP contribution in [0.15, 0.2) is 60.3 Å². The second-order valence-electron chi connectivity index (χ2n) is 3.01. The summed E-state index contributed by atoms with van der Waals surface area (Å²) in [4.78, 5) is 0. The number of hydrogen-bond donors (Lipinski definition) is 0. The van der Waals surface area contributed by atoms with E-state index in [0.717, 1.165) is 5.57 Å². The summed E-state index contributed by atoms with van der Waals surface area (Å²) in [6.07, 6.45) is 9.89. The third kappa shape index (κ3) is 17.1. The fraction of sp³-hybridized carbons (Fsp3) is 0.444. The number of allylic oxidation sites excluding steroid dienone is 8. The maximum absolute atomic E-state index is 3.86. The first kappa shape index (κ1) is 25.5. The molecule has 0 rings (SSSR count). The van der Waals surface area contributed by atoms with Crippen molar-refractivity contribution >= 4 is 0 Å². The lowest BCUT2D eigenvalue weighted by Crippen LogP contribution is -1.81. The van der Waals surface area contributed by atoms with Crippen LogP contribution in [0, 0.1) is 0 Å². The lowest BCUT2D eigenvalue weighted by Gasteiger charge is -2.01. The minimum absolute atomic E-state index is 0. The van der Waals surface area contributed by atoms with Crippen LogP contribution in [0.4, 0.5) is 0 Å². The normalized spacial score (nSPS) is 10.4. The Hall–Kier alpha value is -1.30. The standard InChI is InChI=1S/C13H18.2C2H6.CH4/c1-6-8-9-13(10-11(3)4)12(5)7-2;2*1-2;/h6-10H,1,3H2,2,4-5H3;2*1-2H3;1H4/b9-8-,12-7-,13-10-;;;. The first-order valence-corrected chi connectivity index (χ1v) is 6.41. The maximum Gasteiger partial charge on any atom is -0.0228 e. The molecule has 0 aliphatic carbocycles. The van der Waals surface area contributed by atoms with Gasteiger partial charge >= 0.3 is 0 Å². The molecule has 0 bridgehead atoms. The van der Waals surface area contributed by atoms with Gasteiger partial charge in [0.05, 0.1) is 0 Å². The first-order valence-electron chi connectivity index (χ1n) is 6.41. The van der Waals surface area contributed by atoms with Crippen LogP contribution >= 0.6 is 0 Å². The molecule has 0 aromatic carbocycles. The van der Waals surface area contributed by atoms with Crippen LogP contribution < -0.4 is 0 Å². The van der Waals surface area contributed by atoms with Crippen molar-refractivity contribution in [3.05, 3.63) is 60.3 Å². The zero-order valence-electron chi connectivity index (χ0n) is 12.8. The smallest absolute Gasteiger partial charge is 0.0228 e. The average molecular weight is 250 g/mol. The molecular formula is C18H34. The molecule has 0 aliphatic heterocycles. The van der Waals surface area contributed by atoms with E-state index in [2.05, 4.69) is 32.2 Å². The van der Waals surface area contributed by atoms with Gasteiger partial charge in [0, 0.05) is 0 Å². The summed E-state index contributed by atoms with van der Waals surface area (Å²) in [7, 11) is 0. The van der Waals surface area contributed by atoms with Crippen LogP contribution in [0.5, 0.6) is 0 Å². The van der Waals surface area contributed by atoms with Crippen molar-refractivity contribution in [3.8, 4) is 0 Å². The Balaban J connectivity index is -0.000000177. The van der Waals surface area contributed by atoms with Gasteiger partial charge in [-0.2, -0.15) is 0 Å². The quantitative estimate of drug-likeness (QED) is 0.477. The highest BCUT2D eigenvalue weighted by molar-refractivity contribution is 5.42. The van der Waals surface area contributed by atoms with E-state index >= 15 is 0 Å². The second-order valence-corrected chi connectivity index (χ2v) is 3.01. The van der Waals surface area contributed by atoms with Gasteiger partial charge in [-0.05, 0) is 31.9 Å². The average Bonchev–Trinajstić information content (AvgIpc) is 2.38. The molecule has 0 saturated carbocycles. The molecule has 18 heavy (non-hydrogen) atoms. The van der Waals surface area contributed by atoms with E-state index in [-0.39, 0.29) is 7.43 Å². The minimum atomic E-state index is 0. The molecule has 0 radical (unpaired) electrons. The molecule has 0 aliphatic rings. The summed E-state index contributed by atoms with van der Waals surface area (Å²) >= 11 is 0. The van der Waals surface area contributed by atoms with E-state index in [1.165, 1.54) is 11.1 Å². The fourth-order valence-corrected chi connectivity index (χ4v) is 0.897. The van der Waals surface area contributed by atoms with E-state index in [4.69, 9.17) is 0 Å². The van der Waals surface area contributed by atoms with E-state index in [1.807, 2.05) is 53.7 Å². The maximum atomic E-state index is 3.86. The molecule has 0 unspecified atom stereocenters. The fourth-order valence-electron chi connectivity index (χ4n) is 0.897. The Morgan fingerprint density at radius 1 is 1.00 bits per heavy atom. The molecule has 0 heteroatoms. The summed E-state index contributed by atoms with van der Waals surface area (Å²) < 4.78 is 0. The van der Waals surface area contributed by atoms with Crippen LogP contribution in [0.1, 0.15) is 55.9 Å². The van der Waals surface area contributed by atoms with Gasteiger partial charge in [-0.3, -0.25) is 0 Å². The molecule has 106 valence electrons. The largest absolute Gasteiger partial charge is 0.0991 e. The van der Waals surface area contributed by atoms with Crippen molar-refractivity contribution in [1.82, 2.24) is 0 Å². The molecule has 0 heterocycles. The first-order chi connectivity index (χ1) is 8.11. The topological polar surface area (TPSA) is 0 Å². The van der Waals surface area contributed by atoms with Gasteiger partial charge in [0.25, 0.3) is 0 Å². The lowest BCUT2D eigenvalue weighted by atomic mass is 10.0. The van der Waals surface area contributed by atoms with Gasteiger partial charge in [0.2, 0.25) is 0 Å². The van der Waals surface area contributed by atoms with Gasteiger partial charge in [-0.15, -0.1) is 0 Å². The lowest BCUT2D eigenvalue weighted by molar-refractivity contribution is 1.37. The molecule has 0 aromatic rings. The predicted molar refractivity (Wildman–Crippen MR) is 91.1 cm³/mol. The highest BCUT2D eigenvalue weighted by atomic mass is 14.0. The van der Waals surface area contributed by atoms with E-state index in [9.17, 15) is 0 Å². The predicted octanol–water partition coefficient (Wildman–Crippen LogP) is 6.89. The minimum Gasteiger partial charge on any atom is -0.0991 e. The van der Waals surface area contributed by atoms with Crippen molar-refractivity contribution in [2.45, 2.75) is 55.9 Å². The summed E-state index contributed by atoms with van der Waals surface area (Å²) in [6, 6.07) is 0. The van der Waals surface area contributed by atoms with Crippen LogP contribution in [0.3, 0.4) is 0 Å². The zero-order valence-corrected chi connectivity index (χ0v) is 12.8. The Kier molecular flexibility index (Phi) is 29.8. The molecule has 0 spiro atoms. The molecule has 0 atom stereocenters. The monoisotopic (exact) mass is 250 g/mol. The highest BCUT2D eigenvalue weighted by Crippen LogP contribution is 2.13. The van der Waals surface area contributed by atoms with Crippen molar-refractivity contribution in [2.24, 2.45) is 0 Å². The highest BCUT2D eigenvalue weighted by Gasteiger charge is 1.93. The number of hydrogen-bond acceptors (Lipinski definition) is 0. The van der Waals surface area contributed by atoms with Crippen molar-refractivity contribution in [2.75, 3.05) is 0 Å². The molecule has 0 amide bonds. The zero-order chi connectivity index (χ0) is 14.3. The molecule has 0 saturated heterocycles. The van der Waals surface area contributed by atoms with Gasteiger partial charge in [-0.25, -0.2) is 0 Å². The van der Waals surface area contributed by atoms with Gasteiger partial charge < -0.3 is 0 Å². The Morgan fingerprint density at radius 3 is 1.72 bits per heavy atom. The van der Waals surface area contributed by atoms with Crippen molar-refractivity contribution in [3.63, 3.8) is 0 Å². The van der Waals surface area contributed by atoms with Gasteiger partial charge in [0.15, 0.2) is 0 Å². The van der Waals surface area contributed by atoms with Crippen LogP contribution in [0.2, 0.25) is 0 Å². The van der Waals surface area contributed by atoms with E-state index < -0.39 is 0 Å². The second kappa shape index (κ2) is 21.0. The SMILES string of the molecule is C.C=C\C=C/C(=C/C(=C)C)C(/C)=C\C.CC.CC. The Morgan fingerprint density at radius 2 is 1.44 bits per heavy atom. The van der Waals surface area contributed by atoms with Crippen LogP contribution in [-0.2, 0) is 0 Å². The summed E-state index contributed by atoms with van der Waals surface area (Å²) in [5.41, 5.74) is 3.50. The third-order valence-corrected chi connectivity index (χ3v) is 1.70. The van der Waals surface area contributed by atoms with Gasteiger partial charge in [-0.1, -0.05) is 84.2 Å². The van der Waals surface area contributed by atoms with Crippen LogP contribution in [0.25, 0.3) is 0 Å². The summed E-state index contributed by atoms with van der Waals surface area (Å²) in [6.45, 7) is 21.6. The Bertz CT molecular complexity index is 272. The summed E-state index contributed by atoms with van der Waals surface area (Å²) in [5, 5.41) is 0. The third-order valence-electron chi connectivity index (χ3n) is 1.70.